The third-order valence-electron chi connectivity index (χ3n) is 1.14. The van der Waals surface area contributed by atoms with Gasteiger partial charge in [0.25, 0.3) is 0 Å². The number of anilines is 1. The highest BCUT2D eigenvalue weighted by Crippen LogP contribution is 2.03. The van der Waals surface area contributed by atoms with Crippen LogP contribution in [-0.4, -0.2) is 11.4 Å². The molecule has 1 amide bonds. The second kappa shape index (κ2) is 3.37. The van der Waals surface area contributed by atoms with Crippen LogP contribution >= 0.6 is 0 Å². The topological polar surface area (TPSA) is 42.0 Å². The molecule has 11 heavy (non-hydrogen) atoms. The number of aromatic nitrogens is 1. The van der Waals surface area contributed by atoms with Crippen LogP contribution in [0.1, 0.15) is 5.69 Å². The Bertz CT molecular complexity index is 284. The molecule has 0 aliphatic heterocycles. The highest BCUT2D eigenvalue weighted by atomic mass is 16.1. The quantitative estimate of drug-likeness (QED) is 0.491. The zero-order valence-corrected chi connectivity index (χ0v) is 5.74. The average Bonchev–Trinajstić information content (AvgIpc) is 2.07. The molecule has 0 unspecified atom stereocenters. The molecule has 0 saturated carbocycles. The molecule has 0 spiro atoms. The van der Waals surface area contributed by atoms with Crippen LogP contribution in [0.3, 0.4) is 0 Å². The maximum absolute atomic E-state index is 9.95. The Morgan fingerprint density at radius 2 is 2.45 bits per heavy atom. The number of carbonyl (C=O) groups excluding carboxylic acids is 1. The lowest BCUT2D eigenvalue weighted by Crippen LogP contribution is -1.94. The molecule has 0 fully saturated rings. The van der Waals surface area contributed by atoms with Crippen LogP contribution in [0.5, 0.6) is 0 Å². The highest BCUT2D eigenvalue weighted by Gasteiger charge is 1.89. The van der Waals surface area contributed by atoms with E-state index in [2.05, 4.69) is 16.2 Å². The zero-order chi connectivity index (χ0) is 8.10. The van der Waals surface area contributed by atoms with Crippen LogP contribution in [0, 0.1) is 12.3 Å². The van der Waals surface area contributed by atoms with Gasteiger partial charge < -0.3 is 5.32 Å². The summed E-state index contributed by atoms with van der Waals surface area (Å²) in [7, 11) is 0. The van der Waals surface area contributed by atoms with Gasteiger partial charge in [0.05, 0.1) is 11.9 Å². The number of terminal acetylenes is 1. The van der Waals surface area contributed by atoms with Gasteiger partial charge in [0.2, 0.25) is 6.41 Å². The molecule has 0 aromatic carbocycles. The number of hydrogen-bond acceptors (Lipinski definition) is 2. The number of amides is 1. The van der Waals surface area contributed by atoms with Crippen molar-refractivity contribution in [2.24, 2.45) is 0 Å². The smallest absolute Gasteiger partial charge is 0.211 e. The van der Waals surface area contributed by atoms with Crippen LogP contribution < -0.4 is 5.32 Å². The van der Waals surface area contributed by atoms with Crippen LogP contribution in [0.4, 0.5) is 5.69 Å². The lowest BCUT2D eigenvalue weighted by Gasteiger charge is -1.95. The van der Waals surface area contributed by atoms with Crippen molar-refractivity contribution in [3.05, 3.63) is 24.0 Å². The molecule has 3 nitrogen and oxygen atoms in total. The maximum atomic E-state index is 9.95. The minimum absolute atomic E-state index is 0.557. The normalized spacial score (nSPS) is 8.27. The van der Waals surface area contributed by atoms with Gasteiger partial charge in [-0.15, -0.1) is 6.42 Å². The fraction of sp³-hybridized carbons (Fsp3) is 0. The van der Waals surface area contributed by atoms with Gasteiger partial charge in [-0.2, -0.15) is 0 Å². The molecular weight excluding hydrogens is 140 g/mol. The van der Waals surface area contributed by atoms with Crippen molar-refractivity contribution in [1.82, 2.24) is 4.98 Å². The molecular formula is C8H6N2O. The molecule has 0 atom stereocenters. The van der Waals surface area contributed by atoms with Gasteiger partial charge in [0.15, 0.2) is 0 Å². The molecule has 3 heteroatoms. The first-order valence-electron chi connectivity index (χ1n) is 2.99. The molecule has 0 saturated heterocycles. The van der Waals surface area contributed by atoms with E-state index in [4.69, 9.17) is 6.42 Å². The van der Waals surface area contributed by atoms with E-state index in [1.165, 1.54) is 6.20 Å². The third kappa shape index (κ3) is 1.80. The summed E-state index contributed by atoms with van der Waals surface area (Å²) >= 11 is 0. The van der Waals surface area contributed by atoms with E-state index in [0.717, 1.165) is 0 Å². The number of pyridine rings is 1. The molecule has 1 N–H and O–H groups in total. The highest BCUT2D eigenvalue weighted by molar-refractivity contribution is 5.70. The summed E-state index contributed by atoms with van der Waals surface area (Å²) in [5.41, 5.74) is 1.19. The summed E-state index contributed by atoms with van der Waals surface area (Å²) in [5.74, 6) is 2.37. The van der Waals surface area contributed by atoms with Gasteiger partial charge in [0.1, 0.15) is 5.69 Å². The second-order valence-electron chi connectivity index (χ2n) is 1.84. The zero-order valence-electron chi connectivity index (χ0n) is 5.74. The second-order valence-corrected chi connectivity index (χ2v) is 1.84. The Balaban J connectivity index is 2.84. The summed E-state index contributed by atoms with van der Waals surface area (Å²) in [5, 5.41) is 2.45. The fourth-order valence-electron chi connectivity index (χ4n) is 0.633. The number of rotatable bonds is 2. The van der Waals surface area contributed by atoms with Crippen LogP contribution in [0.25, 0.3) is 0 Å². The Morgan fingerprint density at radius 3 is 2.91 bits per heavy atom. The summed E-state index contributed by atoms with van der Waals surface area (Å²) in [6, 6.07) is 3.35. The lowest BCUT2D eigenvalue weighted by molar-refractivity contribution is -0.105. The molecule has 1 rings (SSSR count). The number of carbonyl (C=O) groups is 1. The number of hydrogen-bond donors (Lipinski definition) is 1. The van der Waals surface area contributed by atoms with E-state index in [0.29, 0.717) is 17.8 Å². The van der Waals surface area contributed by atoms with Gasteiger partial charge in [-0.25, -0.2) is 4.98 Å². The number of nitrogens with zero attached hydrogens (tertiary/aromatic N) is 1. The van der Waals surface area contributed by atoms with Gasteiger partial charge in [-0.3, -0.25) is 4.79 Å². The SMILES string of the molecule is C#Cc1ccc(NC=O)cn1. The Labute approximate surface area is 64.5 Å². The summed E-state index contributed by atoms with van der Waals surface area (Å²) in [6.07, 6.45) is 7.16. The van der Waals surface area contributed by atoms with Crippen molar-refractivity contribution in [3.63, 3.8) is 0 Å². The van der Waals surface area contributed by atoms with E-state index in [-0.39, 0.29) is 0 Å². The van der Waals surface area contributed by atoms with Gasteiger partial charge in [-0.1, -0.05) is 5.92 Å². The standard InChI is InChI=1S/C8H6N2O/c1-2-7-3-4-8(5-9-7)10-6-11/h1,3-6H,(H,10,11). The van der Waals surface area contributed by atoms with Crippen LogP contribution in [0.2, 0.25) is 0 Å². The van der Waals surface area contributed by atoms with E-state index in [9.17, 15) is 4.79 Å². The van der Waals surface area contributed by atoms with E-state index in [1.54, 1.807) is 12.1 Å². The van der Waals surface area contributed by atoms with Crippen molar-refractivity contribution < 1.29 is 4.79 Å². The predicted octanol–water partition coefficient (Wildman–Crippen LogP) is 0.631. The van der Waals surface area contributed by atoms with Gasteiger partial charge in [-0.05, 0) is 12.1 Å². The first-order chi connectivity index (χ1) is 5.36. The Kier molecular flexibility index (Phi) is 2.24. The largest absolute Gasteiger partial charge is 0.327 e. The minimum Gasteiger partial charge on any atom is -0.327 e. The third-order valence-corrected chi connectivity index (χ3v) is 1.14. The molecule has 1 heterocycles. The maximum Gasteiger partial charge on any atom is 0.211 e. The van der Waals surface area contributed by atoms with Gasteiger partial charge in [0, 0.05) is 0 Å². The molecule has 54 valence electrons. The van der Waals surface area contributed by atoms with Gasteiger partial charge >= 0.3 is 0 Å². The molecule has 1 aromatic heterocycles. The fourth-order valence-corrected chi connectivity index (χ4v) is 0.633. The van der Waals surface area contributed by atoms with Crippen molar-refractivity contribution in [2.45, 2.75) is 0 Å². The van der Waals surface area contributed by atoms with E-state index >= 15 is 0 Å². The predicted molar refractivity (Wildman–Crippen MR) is 41.9 cm³/mol. The Morgan fingerprint density at radius 1 is 1.64 bits per heavy atom. The Hall–Kier alpha value is -1.82. The first kappa shape index (κ1) is 7.29. The van der Waals surface area contributed by atoms with Crippen molar-refractivity contribution in [1.29, 1.82) is 0 Å². The monoisotopic (exact) mass is 146 g/mol. The molecule has 0 aliphatic carbocycles. The minimum atomic E-state index is 0.557. The van der Waals surface area contributed by atoms with Crippen molar-refractivity contribution >= 4 is 12.1 Å². The average molecular weight is 146 g/mol. The lowest BCUT2D eigenvalue weighted by atomic mass is 10.3. The first-order valence-corrected chi connectivity index (χ1v) is 2.99. The van der Waals surface area contributed by atoms with E-state index < -0.39 is 0 Å². The molecule has 0 bridgehead atoms. The van der Waals surface area contributed by atoms with Crippen LogP contribution in [0.15, 0.2) is 18.3 Å². The van der Waals surface area contributed by atoms with Crippen molar-refractivity contribution in [3.8, 4) is 12.3 Å². The molecule has 0 radical (unpaired) electrons. The summed E-state index contributed by atoms with van der Waals surface area (Å²) in [4.78, 5) is 13.8. The van der Waals surface area contributed by atoms with Crippen LogP contribution in [-0.2, 0) is 4.79 Å². The number of nitrogens with one attached hydrogen (secondary N) is 1. The van der Waals surface area contributed by atoms with E-state index in [1.807, 2.05) is 0 Å². The molecule has 0 aliphatic rings. The molecule has 1 aromatic rings. The summed E-state index contributed by atoms with van der Waals surface area (Å²) < 4.78 is 0. The van der Waals surface area contributed by atoms with Crippen molar-refractivity contribution in [2.75, 3.05) is 5.32 Å². The summed E-state index contributed by atoms with van der Waals surface area (Å²) in [6.45, 7) is 0.